The lowest BCUT2D eigenvalue weighted by molar-refractivity contribution is 0.453. The second kappa shape index (κ2) is 6.68. The van der Waals surface area contributed by atoms with Crippen molar-refractivity contribution in [1.29, 1.82) is 0 Å². The first-order chi connectivity index (χ1) is 9.60. The predicted molar refractivity (Wildman–Crippen MR) is 77.8 cm³/mol. The molecule has 2 aromatic rings. The predicted octanol–water partition coefficient (Wildman–Crippen LogP) is 4.08. The average molecular weight is 295 g/mol. The van der Waals surface area contributed by atoms with Gasteiger partial charge in [-0.2, -0.15) is 0 Å². The average Bonchev–Trinajstić information content (AvgIpc) is 2.43. The minimum absolute atomic E-state index is 0.340. The maximum atomic E-state index is 13.2. The van der Waals surface area contributed by atoms with E-state index in [4.69, 9.17) is 16.3 Å². The van der Waals surface area contributed by atoms with Gasteiger partial charge in [0.15, 0.2) is 0 Å². The molecule has 2 rings (SSSR count). The van der Waals surface area contributed by atoms with Crippen molar-refractivity contribution in [2.45, 2.75) is 20.4 Å². The quantitative estimate of drug-likeness (QED) is 0.902. The Balaban J connectivity index is 2.22. The van der Waals surface area contributed by atoms with Crippen LogP contribution >= 0.6 is 11.6 Å². The van der Waals surface area contributed by atoms with Crippen molar-refractivity contribution < 1.29 is 9.13 Å². The van der Waals surface area contributed by atoms with Gasteiger partial charge in [0, 0.05) is 24.9 Å². The Kier molecular flexibility index (Phi) is 4.93. The lowest BCUT2D eigenvalue weighted by atomic mass is 10.2. The number of halogens is 2. The molecule has 0 fully saturated rings. The Labute approximate surface area is 122 Å². The highest BCUT2D eigenvalue weighted by Crippen LogP contribution is 2.26. The number of hydrogen-bond donors (Lipinski definition) is 1. The minimum Gasteiger partial charge on any atom is -0.439 e. The number of aromatic nitrogens is 1. The molecule has 1 aromatic carbocycles. The van der Waals surface area contributed by atoms with Crippen LogP contribution in [0.5, 0.6) is 11.6 Å². The molecule has 1 heterocycles. The van der Waals surface area contributed by atoms with Crippen LogP contribution in [0.25, 0.3) is 0 Å². The van der Waals surface area contributed by atoms with Crippen LogP contribution in [0, 0.1) is 12.7 Å². The van der Waals surface area contributed by atoms with Gasteiger partial charge in [-0.05, 0) is 30.7 Å². The molecule has 0 aliphatic rings. The van der Waals surface area contributed by atoms with Gasteiger partial charge in [0.1, 0.15) is 11.6 Å². The molecule has 0 amide bonds. The number of pyridine rings is 1. The van der Waals surface area contributed by atoms with Crippen LogP contribution in [0.15, 0.2) is 30.5 Å². The zero-order valence-electron chi connectivity index (χ0n) is 11.4. The van der Waals surface area contributed by atoms with Gasteiger partial charge in [0.25, 0.3) is 0 Å². The monoisotopic (exact) mass is 294 g/mol. The van der Waals surface area contributed by atoms with Crippen molar-refractivity contribution in [1.82, 2.24) is 10.3 Å². The molecule has 1 N–H and O–H groups in total. The summed E-state index contributed by atoms with van der Waals surface area (Å²) >= 11 is 6.07. The molecule has 0 atom stereocenters. The fourth-order valence-corrected chi connectivity index (χ4v) is 1.88. The highest BCUT2D eigenvalue weighted by molar-refractivity contribution is 6.31. The normalized spacial score (nSPS) is 10.6. The van der Waals surface area contributed by atoms with Crippen molar-refractivity contribution in [2.24, 2.45) is 0 Å². The van der Waals surface area contributed by atoms with E-state index in [0.717, 1.165) is 17.7 Å². The third-order valence-corrected chi connectivity index (χ3v) is 3.18. The summed E-state index contributed by atoms with van der Waals surface area (Å²) < 4.78 is 18.9. The number of aryl methyl sites for hydroxylation is 1. The fourth-order valence-electron chi connectivity index (χ4n) is 1.71. The van der Waals surface area contributed by atoms with Crippen LogP contribution < -0.4 is 10.1 Å². The summed E-state index contributed by atoms with van der Waals surface area (Å²) in [4.78, 5) is 4.11. The second-order valence-electron chi connectivity index (χ2n) is 4.41. The molecule has 0 spiro atoms. The summed E-state index contributed by atoms with van der Waals surface area (Å²) in [6, 6.07) is 6.17. The van der Waals surface area contributed by atoms with E-state index >= 15 is 0 Å². The third kappa shape index (κ3) is 3.68. The lowest BCUT2D eigenvalue weighted by Gasteiger charge is -2.10. The Morgan fingerprint density at radius 2 is 2.15 bits per heavy atom. The molecular formula is C15H16ClFN2O. The molecule has 0 bridgehead atoms. The van der Waals surface area contributed by atoms with Crippen molar-refractivity contribution in [3.63, 3.8) is 0 Å². The zero-order valence-corrected chi connectivity index (χ0v) is 12.2. The number of rotatable bonds is 5. The highest BCUT2D eigenvalue weighted by atomic mass is 35.5. The van der Waals surface area contributed by atoms with Gasteiger partial charge in [-0.15, -0.1) is 0 Å². The lowest BCUT2D eigenvalue weighted by Crippen LogP contribution is -2.12. The van der Waals surface area contributed by atoms with Crippen molar-refractivity contribution in [3.05, 3.63) is 52.4 Å². The summed E-state index contributed by atoms with van der Waals surface area (Å²) in [5, 5.41) is 3.77. The molecule has 3 nitrogen and oxygen atoms in total. The Morgan fingerprint density at radius 3 is 2.90 bits per heavy atom. The molecule has 0 aliphatic heterocycles. The van der Waals surface area contributed by atoms with Crippen LogP contribution in [0.3, 0.4) is 0 Å². The number of benzene rings is 1. The molecular weight excluding hydrogens is 279 g/mol. The number of nitrogens with one attached hydrogen (secondary N) is 1. The van der Waals surface area contributed by atoms with Crippen LogP contribution in [-0.4, -0.2) is 11.5 Å². The molecule has 106 valence electrons. The summed E-state index contributed by atoms with van der Waals surface area (Å²) in [5.41, 5.74) is 1.74. The standard InChI is InChI=1S/C15H16ClFN2O/c1-3-18-8-11-6-15(19-9-13(11)16)20-14-7-12(17)5-4-10(14)2/h4-7,9,18H,3,8H2,1-2H3. The Hall–Kier alpha value is -1.65. The molecule has 5 heteroatoms. The topological polar surface area (TPSA) is 34.1 Å². The van der Waals surface area contributed by atoms with E-state index in [9.17, 15) is 4.39 Å². The van der Waals surface area contributed by atoms with Crippen LogP contribution in [-0.2, 0) is 6.54 Å². The second-order valence-corrected chi connectivity index (χ2v) is 4.81. The molecule has 0 aliphatic carbocycles. The van der Waals surface area contributed by atoms with Crippen LogP contribution in [0.2, 0.25) is 5.02 Å². The van der Waals surface area contributed by atoms with Crippen LogP contribution in [0.1, 0.15) is 18.1 Å². The largest absolute Gasteiger partial charge is 0.439 e. The van der Waals surface area contributed by atoms with Gasteiger partial charge in [0.05, 0.1) is 5.02 Å². The first-order valence-electron chi connectivity index (χ1n) is 6.39. The van der Waals surface area contributed by atoms with Crippen molar-refractivity contribution in [3.8, 4) is 11.6 Å². The van der Waals surface area contributed by atoms with E-state index in [2.05, 4.69) is 10.3 Å². The molecule has 0 saturated heterocycles. The number of hydrogen-bond acceptors (Lipinski definition) is 3. The van der Waals surface area contributed by atoms with E-state index < -0.39 is 0 Å². The van der Waals surface area contributed by atoms with E-state index in [0.29, 0.717) is 23.2 Å². The highest BCUT2D eigenvalue weighted by Gasteiger charge is 2.07. The van der Waals surface area contributed by atoms with Gasteiger partial charge in [-0.3, -0.25) is 0 Å². The third-order valence-electron chi connectivity index (χ3n) is 2.84. The van der Waals surface area contributed by atoms with E-state index in [1.807, 2.05) is 13.8 Å². The van der Waals surface area contributed by atoms with E-state index in [-0.39, 0.29) is 5.82 Å². The first-order valence-corrected chi connectivity index (χ1v) is 6.77. The van der Waals surface area contributed by atoms with Crippen LogP contribution in [0.4, 0.5) is 4.39 Å². The molecule has 0 saturated carbocycles. The molecule has 20 heavy (non-hydrogen) atoms. The number of ether oxygens (including phenoxy) is 1. The maximum Gasteiger partial charge on any atom is 0.219 e. The Bertz CT molecular complexity index is 604. The summed E-state index contributed by atoms with van der Waals surface area (Å²) in [6.07, 6.45) is 1.54. The van der Waals surface area contributed by atoms with E-state index in [1.54, 1.807) is 12.1 Å². The molecule has 0 unspecified atom stereocenters. The summed E-state index contributed by atoms with van der Waals surface area (Å²) in [6.45, 7) is 5.35. The molecule has 0 radical (unpaired) electrons. The molecule has 1 aromatic heterocycles. The minimum atomic E-state index is -0.340. The fraction of sp³-hybridized carbons (Fsp3) is 0.267. The summed E-state index contributed by atoms with van der Waals surface area (Å²) in [5.74, 6) is 0.512. The van der Waals surface area contributed by atoms with Crippen molar-refractivity contribution in [2.75, 3.05) is 6.54 Å². The van der Waals surface area contributed by atoms with Gasteiger partial charge in [-0.1, -0.05) is 24.6 Å². The maximum absolute atomic E-state index is 13.2. The Morgan fingerprint density at radius 1 is 1.35 bits per heavy atom. The van der Waals surface area contributed by atoms with Crippen molar-refractivity contribution >= 4 is 11.6 Å². The van der Waals surface area contributed by atoms with Gasteiger partial charge in [0.2, 0.25) is 5.88 Å². The SMILES string of the molecule is CCNCc1cc(Oc2cc(F)ccc2C)ncc1Cl. The van der Waals surface area contributed by atoms with Gasteiger partial charge < -0.3 is 10.1 Å². The zero-order chi connectivity index (χ0) is 14.5. The smallest absolute Gasteiger partial charge is 0.219 e. The van der Waals surface area contributed by atoms with E-state index in [1.165, 1.54) is 18.3 Å². The number of nitrogens with zero attached hydrogens (tertiary/aromatic N) is 1. The summed E-state index contributed by atoms with van der Waals surface area (Å²) in [7, 11) is 0. The van der Waals surface area contributed by atoms with Gasteiger partial charge >= 0.3 is 0 Å². The first kappa shape index (κ1) is 14.8. The van der Waals surface area contributed by atoms with Gasteiger partial charge in [-0.25, -0.2) is 9.37 Å².